The topological polar surface area (TPSA) is 92.6 Å². The molecule has 2 aromatic rings. The number of carbonyl (C=O) groups excluding carboxylic acids is 1. The summed E-state index contributed by atoms with van der Waals surface area (Å²) in [6.45, 7) is 7.16. The van der Waals surface area contributed by atoms with E-state index < -0.39 is 17.7 Å². The van der Waals surface area contributed by atoms with Gasteiger partial charge in [0.05, 0.1) is 5.69 Å². The third-order valence-corrected chi connectivity index (χ3v) is 4.91. The standard InChI is InChI=1S/C20H21N3O4S/c1-5-13(18(24)25)10-12-6-7-15-14(11-12)23(19(26)27-20(2,3)4)16-17(28-15)22-9-8-21-16/h6-11H,5H2,1-4H3,(H,24,25). The minimum atomic E-state index is -0.963. The molecule has 1 N–H and O–H groups in total. The third kappa shape index (κ3) is 4.17. The zero-order chi connectivity index (χ0) is 20.5. The van der Waals surface area contributed by atoms with Crippen LogP contribution in [0.15, 0.2) is 46.1 Å². The Morgan fingerprint density at radius 1 is 1.25 bits per heavy atom. The van der Waals surface area contributed by atoms with Gasteiger partial charge in [-0.15, -0.1) is 0 Å². The van der Waals surface area contributed by atoms with Crippen molar-refractivity contribution in [2.45, 2.75) is 49.6 Å². The van der Waals surface area contributed by atoms with Crippen LogP contribution in [0, 0.1) is 0 Å². The minimum Gasteiger partial charge on any atom is -0.478 e. The molecule has 3 rings (SSSR count). The molecule has 0 aliphatic carbocycles. The summed E-state index contributed by atoms with van der Waals surface area (Å²) in [4.78, 5) is 35.1. The lowest BCUT2D eigenvalue weighted by Crippen LogP contribution is -2.35. The quantitative estimate of drug-likeness (QED) is 0.734. The molecule has 0 unspecified atom stereocenters. The third-order valence-electron chi connectivity index (χ3n) is 3.86. The normalized spacial score (nSPS) is 13.6. The first-order valence-electron chi connectivity index (χ1n) is 8.79. The van der Waals surface area contributed by atoms with E-state index in [1.165, 1.54) is 22.9 Å². The summed E-state index contributed by atoms with van der Waals surface area (Å²) < 4.78 is 5.57. The van der Waals surface area contributed by atoms with Crippen LogP contribution in [0.4, 0.5) is 16.3 Å². The predicted molar refractivity (Wildman–Crippen MR) is 107 cm³/mol. The van der Waals surface area contributed by atoms with E-state index in [0.29, 0.717) is 28.5 Å². The first kappa shape index (κ1) is 19.9. The maximum atomic E-state index is 13.0. The Hall–Kier alpha value is -2.87. The van der Waals surface area contributed by atoms with Gasteiger partial charge < -0.3 is 9.84 Å². The largest absolute Gasteiger partial charge is 0.478 e. The van der Waals surface area contributed by atoms with E-state index in [2.05, 4.69) is 9.97 Å². The van der Waals surface area contributed by atoms with Crippen molar-refractivity contribution in [2.75, 3.05) is 4.90 Å². The highest BCUT2D eigenvalue weighted by Gasteiger charge is 2.33. The van der Waals surface area contributed by atoms with Crippen LogP contribution >= 0.6 is 11.8 Å². The van der Waals surface area contributed by atoms with Gasteiger partial charge in [0.25, 0.3) is 0 Å². The molecule has 28 heavy (non-hydrogen) atoms. The molecule has 0 saturated carbocycles. The van der Waals surface area contributed by atoms with Gasteiger partial charge in [0, 0.05) is 22.9 Å². The second-order valence-electron chi connectivity index (χ2n) is 7.16. The van der Waals surface area contributed by atoms with Crippen molar-refractivity contribution in [3.8, 4) is 0 Å². The van der Waals surface area contributed by atoms with E-state index in [4.69, 9.17) is 4.74 Å². The monoisotopic (exact) mass is 399 g/mol. The number of hydrogen-bond donors (Lipinski definition) is 1. The smallest absolute Gasteiger partial charge is 0.420 e. The summed E-state index contributed by atoms with van der Waals surface area (Å²) in [5, 5.41) is 9.90. The second-order valence-corrected chi connectivity index (χ2v) is 8.19. The Morgan fingerprint density at radius 3 is 2.61 bits per heavy atom. The lowest BCUT2D eigenvalue weighted by molar-refractivity contribution is -0.132. The number of carbonyl (C=O) groups is 2. The molecule has 1 aliphatic rings. The molecule has 146 valence electrons. The average Bonchev–Trinajstić information content (AvgIpc) is 2.62. The summed E-state index contributed by atoms with van der Waals surface area (Å²) >= 11 is 1.40. The van der Waals surface area contributed by atoms with Crippen LogP contribution in [0.25, 0.3) is 6.08 Å². The van der Waals surface area contributed by atoms with Crippen molar-refractivity contribution in [3.63, 3.8) is 0 Å². The van der Waals surface area contributed by atoms with Crippen LogP contribution in [0.1, 0.15) is 39.7 Å². The molecule has 0 saturated heterocycles. The van der Waals surface area contributed by atoms with E-state index in [9.17, 15) is 14.7 Å². The van der Waals surface area contributed by atoms with E-state index >= 15 is 0 Å². The van der Waals surface area contributed by atoms with Gasteiger partial charge in [0.1, 0.15) is 10.6 Å². The van der Waals surface area contributed by atoms with Crippen molar-refractivity contribution < 1.29 is 19.4 Å². The van der Waals surface area contributed by atoms with Gasteiger partial charge in [-0.3, -0.25) is 0 Å². The first-order valence-corrected chi connectivity index (χ1v) is 9.61. The van der Waals surface area contributed by atoms with Gasteiger partial charge in [-0.25, -0.2) is 24.5 Å². The molecule has 2 heterocycles. The minimum absolute atomic E-state index is 0.285. The van der Waals surface area contributed by atoms with Crippen LogP contribution in [-0.4, -0.2) is 32.7 Å². The number of carboxylic acids is 1. The molecule has 1 aliphatic heterocycles. The van der Waals surface area contributed by atoms with Crippen molar-refractivity contribution in [2.24, 2.45) is 0 Å². The van der Waals surface area contributed by atoms with Gasteiger partial charge >= 0.3 is 12.1 Å². The van der Waals surface area contributed by atoms with Crippen LogP contribution < -0.4 is 4.90 Å². The predicted octanol–water partition coefficient (Wildman–Crippen LogP) is 4.89. The van der Waals surface area contributed by atoms with Gasteiger partial charge in [-0.1, -0.05) is 24.8 Å². The number of anilines is 2. The second kappa shape index (κ2) is 7.63. The number of nitrogens with zero attached hydrogens (tertiary/aromatic N) is 3. The molecule has 0 spiro atoms. The fourth-order valence-corrected chi connectivity index (χ4v) is 3.60. The highest BCUT2D eigenvalue weighted by molar-refractivity contribution is 7.99. The molecular formula is C20H21N3O4S. The SMILES string of the molecule is CCC(=Cc1ccc2c(c1)N(C(=O)OC(C)(C)C)c1nccnc1S2)C(=O)O. The fourth-order valence-electron chi connectivity index (χ4n) is 2.66. The summed E-state index contributed by atoms with van der Waals surface area (Å²) in [5.41, 5.74) is 0.870. The van der Waals surface area contributed by atoms with Crippen LogP contribution in [0.2, 0.25) is 0 Å². The summed E-state index contributed by atoms with van der Waals surface area (Å²) in [6.07, 6.45) is 4.52. The van der Waals surface area contributed by atoms with Crippen molar-refractivity contribution >= 4 is 41.4 Å². The van der Waals surface area contributed by atoms with Crippen molar-refractivity contribution in [1.82, 2.24) is 9.97 Å². The van der Waals surface area contributed by atoms with Gasteiger partial charge in [-0.05, 0) is 51.0 Å². The average molecular weight is 399 g/mol. The molecule has 0 radical (unpaired) electrons. The van der Waals surface area contributed by atoms with Crippen molar-refractivity contribution in [1.29, 1.82) is 0 Å². The van der Waals surface area contributed by atoms with Crippen LogP contribution in [-0.2, 0) is 9.53 Å². The molecule has 1 aromatic carbocycles. The Kier molecular flexibility index (Phi) is 5.42. The Morgan fingerprint density at radius 2 is 1.96 bits per heavy atom. The zero-order valence-corrected chi connectivity index (χ0v) is 16.9. The Balaban J connectivity index is 2.11. The number of fused-ring (bicyclic) bond motifs is 2. The summed E-state index contributed by atoms with van der Waals surface area (Å²) in [5.74, 6) is -0.570. The van der Waals surface area contributed by atoms with Crippen LogP contribution in [0.5, 0.6) is 0 Å². The molecule has 0 atom stereocenters. The number of ether oxygens (including phenoxy) is 1. The number of aromatic nitrogens is 2. The van der Waals surface area contributed by atoms with Crippen molar-refractivity contribution in [3.05, 3.63) is 41.7 Å². The van der Waals surface area contributed by atoms with E-state index in [-0.39, 0.29) is 5.57 Å². The highest BCUT2D eigenvalue weighted by atomic mass is 32.2. The maximum absolute atomic E-state index is 13.0. The lowest BCUT2D eigenvalue weighted by Gasteiger charge is -2.31. The molecular weight excluding hydrogens is 378 g/mol. The van der Waals surface area contributed by atoms with E-state index in [0.717, 1.165) is 4.90 Å². The molecule has 1 aromatic heterocycles. The molecule has 0 bridgehead atoms. The summed E-state index contributed by atoms with van der Waals surface area (Å²) in [7, 11) is 0. The number of rotatable bonds is 3. The maximum Gasteiger partial charge on any atom is 0.420 e. The van der Waals surface area contributed by atoms with Gasteiger partial charge in [0.15, 0.2) is 5.82 Å². The Labute approximate surface area is 167 Å². The van der Waals surface area contributed by atoms with Gasteiger partial charge in [0.2, 0.25) is 0 Å². The molecule has 1 amide bonds. The Bertz CT molecular complexity index is 966. The number of carboxylic acid groups (broad SMARTS) is 1. The van der Waals surface area contributed by atoms with E-state index in [1.54, 1.807) is 46.0 Å². The highest BCUT2D eigenvalue weighted by Crippen LogP contribution is 2.47. The molecule has 7 nitrogen and oxygen atoms in total. The van der Waals surface area contributed by atoms with Gasteiger partial charge in [-0.2, -0.15) is 0 Å². The summed E-state index contributed by atoms with van der Waals surface area (Å²) in [6, 6.07) is 5.43. The zero-order valence-electron chi connectivity index (χ0n) is 16.1. The van der Waals surface area contributed by atoms with Crippen LogP contribution in [0.3, 0.4) is 0 Å². The fraction of sp³-hybridized carbons (Fsp3) is 0.300. The lowest BCUT2D eigenvalue weighted by atomic mass is 10.1. The number of hydrogen-bond acceptors (Lipinski definition) is 6. The molecule has 8 heteroatoms. The molecule has 0 fully saturated rings. The number of amides is 1. The number of benzene rings is 1. The first-order chi connectivity index (χ1) is 13.2. The number of aliphatic carboxylic acids is 1. The van der Waals surface area contributed by atoms with E-state index in [1.807, 2.05) is 12.1 Å².